The molecule has 1 N–H and O–H groups in total. The summed E-state index contributed by atoms with van der Waals surface area (Å²) in [6, 6.07) is 0. The van der Waals surface area contributed by atoms with Gasteiger partial charge in [0.05, 0.1) is 11.2 Å². The van der Waals surface area contributed by atoms with Crippen LogP contribution in [0.4, 0.5) is 5.69 Å². The van der Waals surface area contributed by atoms with Crippen molar-refractivity contribution in [3.63, 3.8) is 0 Å². The van der Waals surface area contributed by atoms with Crippen LogP contribution in [0.1, 0.15) is 26.2 Å². The Morgan fingerprint density at radius 3 is 2.94 bits per heavy atom. The third-order valence-corrected chi connectivity index (χ3v) is 3.78. The van der Waals surface area contributed by atoms with Crippen molar-refractivity contribution in [2.24, 2.45) is 5.41 Å². The van der Waals surface area contributed by atoms with Crippen molar-refractivity contribution in [2.45, 2.75) is 32.7 Å². The molecule has 4 nitrogen and oxygen atoms in total. The minimum absolute atomic E-state index is 0.155. The zero-order valence-corrected chi connectivity index (χ0v) is 11.1. The van der Waals surface area contributed by atoms with Gasteiger partial charge in [-0.2, -0.15) is 5.10 Å². The van der Waals surface area contributed by atoms with Crippen molar-refractivity contribution in [1.82, 2.24) is 9.78 Å². The van der Waals surface area contributed by atoms with Crippen LogP contribution in [0, 0.1) is 17.8 Å². The molecule has 0 saturated heterocycles. The van der Waals surface area contributed by atoms with E-state index in [0.717, 1.165) is 6.54 Å². The predicted molar refractivity (Wildman–Crippen MR) is 72.8 cm³/mol. The number of terminal acetylenes is 1. The summed E-state index contributed by atoms with van der Waals surface area (Å²) in [6.45, 7) is 3.11. The number of halogens is 1. The number of rotatable bonds is 4. The highest BCUT2D eigenvalue weighted by molar-refractivity contribution is 6.32. The van der Waals surface area contributed by atoms with E-state index in [-0.39, 0.29) is 17.5 Å². The molecule has 0 unspecified atom stereocenters. The van der Waals surface area contributed by atoms with Crippen LogP contribution >= 0.6 is 11.6 Å². The molecule has 96 valence electrons. The summed E-state index contributed by atoms with van der Waals surface area (Å²) in [5.41, 5.74) is 0.411. The highest BCUT2D eigenvalue weighted by atomic mass is 35.5. The largest absolute Gasteiger partial charge is 0.379 e. The fourth-order valence-electron chi connectivity index (χ4n) is 2.09. The van der Waals surface area contributed by atoms with Gasteiger partial charge in [-0.1, -0.05) is 30.9 Å². The maximum absolute atomic E-state index is 12.1. The lowest BCUT2D eigenvalue weighted by Crippen LogP contribution is -2.35. The van der Waals surface area contributed by atoms with Crippen LogP contribution < -0.4 is 10.9 Å². The van der Waals surface area contributed by atoms with Gasteiger partial charge in [0.15, 0.2) is 0 Å². The highest BCUT2D eigenvalue weighted by Gasteiger charge is 2.31. The maximum Gasteiger partial charge on any atom is 0.292 e. The van der Waals surface area contributed by atoms with E-state index in [1.54, 1.807) is 0 Å². The van der Waals surface area contributed by atoms with Gasteiger partial charge in [0, 0.05) is 6.54 Å². The second kappa shape index (κ2) is 5.03. The Bertz CT molecular complexity index is 540. The van der Waals surface area contributed by atoms with E-state index in [2.05, 4.69) is 23.3 Å². The van der Waals surface area contributed by atoms with Gasteiger partial charge in [0.25, 0.3) is 5.56 Å². The SMILES string of the molecule is C#CCn1ncc(Cl)c(NCC2(C)CCC2)c1=O. The number of aromatic nitrogens is 2. The molecule has 1 aromatic rings. The number of hydrogen-bond acceptors (Lipinski definition) is 3. The molecule has 1 saturated carbocycles. The Labute approximate surface area is 111 Å². The van der Waals surface area contributed by atoms with Crippen molar-refractivity contribution in [1.29, 1.82) is 0 Å². The standard InChI is InChI=1S/C13H16ClN3O/c1-3-7-17-12(18)11(10(14)8-16-17)15-9-13(2)5-4-6-13/h1,8,15H,4-7,9H2,2H3. The summed E-state index contributed by atoms with van der Waals surface area (Å²) in [7, 11) is 0. The molecule has 1 aliphatic rings. The van der Waals surface area contributed by atoms with Crippen molar-refractivity contribution in [3.8, 4) is 12.3 Å². The monoisotopic (exact) mass is 265 g/mol. The van der Waals surface area contributed by atoms with Crippen LogP contribution in [0.3, 0.4) is 0 Å². The Kier molecular flexibility index (Phi) is 3.63. The molecule has 1 aromatic heterocycles. The fraction of sp³-hybridized carbons (Fsp3) is 0.538. The molecule has 5 heteroatoms. The average molecular weight is 266 g/mol. The van der Waals surface area contributed by atoms with E-state index in [4.69, 9.17) is 18.0 Å². The van der Waals surface area contributed by atoms with Crippen LogP contribution in [0.2, 0.25) is 5.02 Å². The molecule has 0 aliphatic heterocycles. The zero-order valence-electron chi connectivity index (χ0n) is 10.4. The molecule has 0 spiro atoms. The molecular weight excluding hydrogens is 250 g/mol. The summed E-state index contributed by atoms with van der Waals surface area (Å²) < 4.78 is 1.23. The lowest BCUT2D eigenvalue weighted by atomic mass is 9.70. The summed E-state index contributed by atoms with van der Waals surface area (Å²) in [5, 5.41) is 7.39. The van der Waals surface area contributed by atoms with E-state index < -0.39 is 0 Å². The number of nitrogens with one attached hydrogen (secondary N) is 1. The molecule has 2 rings (SSSR count). The zero-order chi connectivity index (χ0) is 13.2. The lowest BCUT2D eigenvalue weighted by Gasteiger charge is -2.38. The minimum Gasteiger partial charge on any atom is -0.379 e. The molecule has 0 amide bonds. The molecule has 0 atom stereocenters. The first-order valence-electron chi connectivity index (χ1n) is 5.99. The maximum atomic E-state index is 12.1. The average Bonchev–Trinajstić information content (AvgIpc) is 2.30. The van der Waals surface area contributed by atoms with Crippen molar-refractivity contribution < 1.29 is 0 Å². The van der Waals surface area contributed by atoms with Crippen molar-refractivity contribution >= 4 is 17.3 Å². The Morgan fingerprint density at radius 1 is 1.67 bits per heavy atom. The van der Waals surface area contributed by atoms with Crippen LogP contribution in [0.5, 0.6) is 0 Å². The number of anilines is 1. The minimum atomic E-state index is -0.261. The van der Waals surface area contributed by atoms with Gasteiger partial charge in [-0.25, -0.2) is 4.68 Å². The highest BCUT2D eigenvalue weighted by Crippen LogP contribution is 2.40. The number of hydrogen-bond donors (Lipinski definition) is 1. The van der Waals surface area contributed by atoms with Gasteiger partial charge in [0.1, 0.15) is 12.2 Å². The van der Waals surface area contributed by atoms with Gasteiger partial charge in [-0.15, -0.1) is 6.42 Å². The molecule has 0 radical (unpaired) electrons. The molecule has 0 bridgehead atoms. The Balaban J connectivity index is 2.18. The number of nitrogens with zero attached hydrogens (tertiary/aromatic N) is 2. The second-order valence-corrected chi connectivity index (χ2v) is 5.46. The molecule has 18 heavy (non-hydrogen) atoms. The summed E-state index contributed by atoms with van der Waals surface area (Å²) in [5.74, 6) is 2.40. The van der Waals surface area contributed by atoms with E-state index in [0.29, 0.717) is 10.7 Å². The molecule has 1 aliphatic carbocycles. The molecule has 1 heterocycles. The van der Waals surface area contributed by atoms with E-state index in [1.807, 2.05) is 0 Å². The molecular formula is C13H16ClN3O. The lowest BCUT2D eigenvalue weighted by molar-refractivity contribution is 0.180. The van der Waals surface area contributed by atoms with Crippen LogP contribution in [0.15, 0.2) is 11.0 Å². The Hall–Kier alpha value is -1.47. The first kappa shape index (κ1) is 13.0. The van der Waals surface area contributed by atoms with Gasteiger partial charge in [-0.05, 0) is 18.3 Å². The van der Waals surface area contributed by atoms with Gasteiger partial charge < -0.3 is 5.32 Å². The summed E-state index contributed by atoms with van der Waals surface area (Å²) in [4.78, 5) is 12.1. The van der Waals surface area contributed by atoms with Crippen LogP contribution in [0.25, 0.3) is 0 Å². The molecule has 1 fully saturated rings. The quantitative estimate of drug-likeness (QED) is 0.849. The van der Waals surface area contributed by atoms with Crippen LogP contribution in [-0.4, -0.2) is 16.3 Å². The fourth-order valence-corrected chi connectivity index (χ4v) is 2.28. The van der Waals surface area contributed by atoms with E-state index in [9.17, 15) is 4.79 Å². The third kappa shape index (κ3) is 2.51. The normalized spacial score (nSPS) is 16.7. The predicted octanol–water partition coefficient (Wildman–Crippen LogP) is 2.13. The summed E-state index contributed by atoms with van der Waals surface area (Å²) in [6.07, 6.45) is 10.3. The second-order valence-electron chi connectivity index (χ2n) is 5.05. The van der Waals surface area contributed by atoms with Crippen molar-refractivity contribution in [3.05, 3.63) is 21.6 Å². The van der Waals surface area contributed by atoms with Gasteiger partial charge in [0.2, 0.25) is 0 Å². The molecule has 0 aromatic carbocycles. The van der Waals surface area contributed by atoms with Gasteiger partial charge >= 0.3 is 0 Å². The van der Waals surface area contributed by atoms with Crippen molar-refractivity contribution in [2.75, 3.05) is 11.9 Å². The van der Waals surface area contributed by atoms with Gasteiger partial charge in [-0.3, -0.25) is 4.79 Å². The smallest absolute Gasteiger partial charge is 0.292 e. The third-order valence-electron chi connectivity index (χ3n) is 3.49. The van der Waals surface area contributed by atoms with E-state index >= 15 is 0 Å². The van der Waals surface area contributed by atoms with E-state index in [1.165, 1.54) is 30.1 Å². The van der Waals surface area contributed by atoms with Crippen LogP contribution in [-0.2, 0) is 6.54 Å². The topological polar surface area (TPSA) is 46.9 Å². The Morgan fingerprint density at radius 2 is 2.39 bits per heavy atom. The summed E-state index contributed by atoms with van der Waals surface area (Å²) >= 11 is 6.00. The first-order valence-corrected chi connectivity index (χ1v) is 6.36. The first-order chi connectivity index (χ1) is 8.56.